The van der Waals surface area contributed by atoms with Crippen LogP contribution >= 0.6 is 0 Å². The van der Waals surface area contributed by atoms with Crippen molar-refractivity contribution in [2.45, 2.75) is 31.2 Å². The van der Waals surface area contributed by atoms with Gasteiger partial charge in [0.2, 0.25) is 0 Å². The van der Waals surface area contributed by atoms with Crippen LogP contribution in [0.5, 0.6) is 5.75 Å². The first-order chi connectivity index (χ1) is 14.8. The van der Waals surface area contributed by atoms with E-state index < -0.39 is 10.0 Å². The number of carbonyl (C=O) groups excluding carboxylic acids is 1. The smallest absolute Gasteiger partial charge is 0.261 e. The highest BCUT2D eigenvalue weighted by atomic mass is 32.2. The number of benzene rings is 3. The molecule has 3 aromatic carbocycles. The molecule has 0 radical (unpaired) electrons. The van der Waals surface area contributed by atoms with Gasteiger partial charge in [-0.1, -0.05) is 42.8 Å². The summed E-state index contributed by atoms with van der Waals surface area (Å²) < 4.78 is 33.3. The monoisotopic (exact) mass is 438 g/mol. The highest BCUT2D eigenvalue weighted by Gasteiger charge is 2.19. The first-order valence-corrected chi connectivity index (χ1v) is 11.4. The first-order valence-electron chi connectivity index (χ1n) is 9.96. The van der Waals surface area contributed by atoms with Crippen molar-refractivity contribution < 1.29 is 17.9 Å². The standard InChI is InChI=1S/C24H26N2O4S/c1-4-23(18-10-14-21(30-3)15-11-18)25-24(27)19-6-5-7-22(16-19)31(28,29)26-20-12-8-17(2)9-13-20/h5-16,23,26H,4H2,1-3H3,(H,25,27)/t23-/m0/s1. The molecule has 2 N–H and O–H groups in total. The van der Waals surface area contributed by atoms with E-state index in [0.29, 0.717) is 12.1 Å². The predicted molar refractivity (Wildman–Crippen MR) is 122 cm³/mol. The van der Waals surface area contributed by atoms with E-state index in [9.17, 15) is 13.2 Å². The maximum atomic E-state index is 12.8. The van der Waals surface area contributed by atoms with E-state index in [1.807, 2.05) is 50.2 Å². The van der Waals surface area contributed by atoms with Crippen LogP contribution in [0.25, 0.3) is 0 Å². The summed E-state index contributed by atoms with van der Waals surface area (Å²) in [4.78, 5) is 12.9. The van der Waals surface area contributed by atoms with E-state index in [1.165, 1.54) is 12.1 Å². The molecule has 0 bridgehead atoms. The molecule has 7 heteroatoms. The summed E-state index contributed by atoms with van der Waals surface area (Å²) in [6.45, 7) is 3.90. The fourth-order valence-corrected chi connectivity index (χ4v) is 4.24. The Hall–Kier alpha value is -3.32. The lowest BCUT2D eigenvalue weighted by atomic mass is 10.0. The molecular weight excluding hydrogens is 412 g/mol. The molecule has 0 aromatic heterocycles. The van der Waals surface area contributed by atoms with E-state index in [4.69, 9.17) is 4.74 Å². The summed E-state index contributed by atoms with van der Waals surface area (Å²) in [5.41, 5.74) is 2.72. The van der Waals surface area contributed by atoms with Gasteiger partial charge in [0.15, 0.2) is 0 Å². The quantitative estimate of drug-likeness (QED) is 0.535. The second-order valence-electron chi connectivity index (χ2n) is 7.21. The number of hydrogen-bond acceptors (Lipinski definition) is 4. The average Bonchev–Trinajstić information content (AvgIpc) is 2.79. The number of nitrogens with one attached hydrogen (secondary N) is 2. The Morgan fingerprint density at radius 2 is 1.68 bits per heavy atom. The lowest BCUT2D eigenvalue weighted by Crippen LogP contribution is -2.28. The molecule has 3 rings (SSSR count). The van der Waals surface area contributed by atoms with Gasteiger partial charge in [-0.15, -0.1) is 0 Å². The van der Waals surface area contributed by atoms with Crippen LogP contribution in [0, 0.1) is 6.92 Å². The number of anilines is 1. The van der Waals surface area contributed by atoms with Crippen molar-refractivity contribution in [2.75, 3.05) is 11.8 Å². The van der Waals surface area contributed by atoms with Crippen LogP contribution in [-0.4, -0.2) is 21.4 Å². The molecular formula is C24H26N2O4S. The minimum absolute atomic E-state index is 0.0261. The van der Waals surface area contributed by atoms with Gasteiger partial charge in [-0.2, -0.15) is 0 Å². The molecule has 0 spiro atoms. The summed E-state index contributed by atoms with van der Waals surface area (Å²) in [7, 11) is -2.22. The zero-order chi connectivity index (χ0) is 22.4. The van der Waals surface area contributed by atoms with Crippen molar-refractivity contribution in [3.8, 4) is 5.75 Å². The number of methoxy groups -OCH3 is 1. The molecule has 3 aromatic rings. The zero-order valence-electron chi connectivity index (χ0n) is 17.8. The highest BCUT2D eigenvalue weighted by molar-refractivity contribution is 7.92. The predicted octanol–water partition coefficient (Wildman–Crippen LogP) is 4.69. The number of sulfonamides is 1. The molecule has 0 heterocycles. The average molecular weight is 439 g/mol. The Labute approximate surface area is 183 Å². The maximum absolute atomic E-state index is 12.8. The van der Waals surface area contributed by atoms with Gasteiger partial charge in [0.1, 0.15) is 5.75 Å². The Morgan fingerprint density at radius 1 is 1.00 bits per heavy atom. The van der Waals surface area contributed by atoms with Gasteiger partial charge in [-0.25, -0.2) is 8.42 Å². The van der Waals surface area contributed by atoms with Crippen molar-refractivity contribution in [1.29, 1.82) is 0 Å². The largest absolute Gasteiger partial charge is 0.497 e. The van der Waals surface area contributed by atoms with Gasteiger partial charge in [-0.05, 0) is 61.4 Å². The van der Waals surface area contributed by atoms with Gasteiger partial charge < -0.3 is 10.1 Å². The summed E-state index contributed by atoms with van der Waals surface area (Å²) in [5, 5.41) is 2.98. The van der Waals surface area contributed by atoms with Crippen molar-refractivity contribution >= 4 is 21.6 Å². The third-order valence-corrected chi connectivity index (χ3v) is 6.32. The third-order valence-electron chi connectivity index (χ3n) is 4.94. The Balaban J connectivity index is 1.77. The van der Waals surface area contributed by atoms with Crippen LogP contribution < -0.4 is 14.8 Å². The molecule has 0 saturated carbocycles. The van der Waals surface area contributed by atoms with Crippen molar-refractivity contribution in [1.82, 2.24) is 5.32 Å². The fourth-order valence-electron chi connectivity index (χ4n) is 3.14. The Kier molecular flexibility index (Phi) is 6.97. The van der Waals surface area contributed by atoms with Gasteiger partial charge in [-0.3, -0.25) is 9.52 Å². The fraction of sp³-hybridized carbons (Fsp3) is 0.208. The van der Waals surface area contributed by atoms with E-state index >= 15 is 0 Å². The van der Waals surface area contributed by atoms with E-state index in [1.54, 1.807) is 31.4 Å². The van der Waals surface area contributed by atoms with Crippen LogP contribution in [0.2, 0.25) is 0 Å². The minimum Gasteiger partial charge on any atom is -0.497 e. The minimum atomic E-state index is -3.82. The number of hydrogen-bond donors (Lipinski definition) is 2. The topological polar surface area (TPSA) is 84.5 Å². The number of rotatable bonds is 8. The number of ether oxygens (including phenoxy) is 1. The van der Waals surface area contributed by atoms with E-state index in [2.05, 4.69) is 10.0 Å². The van der Waals surface area contributed by atoms with Crippen molar-refractivity contribution in [3.05, 3.63) is 89.5 Å². The normalized spacial score (nSPS) is 12.1. The number of aryl methyl sites for hydroxylation is 1. The molecule has 1 amide bonds. The summed E-state index contributed by atoms with van der Waals surface area (Å²) >= 11 is 0. The second kappa shape index (κ2) is 9.66. The van der Waals surface area contributed by atoms with Crippen LogP contribution in [0.1, 0.15) is 40.9 Å². The van der Waals surface area contributed by atoms with E-state index in [0.717, 1.165) is 16.9 Å². The molecule has 6 nitrogen and oxygen atoms in total. The molecule has 0 saturated heterocycles. The van der Waals surface area contributed by atoms with Crippen LogP contribution in [0.3, 0.4) is 0 Å². The van der Waals surface area contributed by atoms with Gasteiger partial charge in [0, 0.05) is 11.3 Å². The molecule has 0 aliphatic rings. The summed E-state index contributed by atoms with van der Waals surface area (Å²) in [6, 6.07) is 20.3. The first kappa shape index (κ1) is 22.4. The molecule has 0 unspecified atom stereocenters. The molecule has 162 valence electrons. The van der Waals surface area contributed by atoms with Crippen LogP contribution in [0.15, 0.2) is 77.7 Å². The van der Waals surface area contributed by atoms with Crippen LogP contribution in [0.4, 0.5) is 5.69 Å². The lowest BCUT2D eigenvalue weighted by Gasteiger charge is -2.18. The molecule has 0 aliphatic heterocycles. The number of carbonyl (C=O) groups is 1. The molecule has 1 atom stereocenters. The molecule has 0 aliphatic carbocycles. The maximum Gasteiger partial charge on any atom is 0.261 e. The SMILES string of the molecule is CC[C@H](NC(=O)c1cccc(S(=O)(=O)Nc2ccc(C)cc2)c1)c1ccc(OC)cc1. The van der Waals surface area contributed by atoms with Crippen molar-refractivity contribution in [2.24, 2.45) is 0 Å². The van der Waals surface area contributed by atoms with Gasteiger partial charge in [0.05, 0.1) is 18.0 Å². The Bertz CT molecular complexity index is 1140. The zero-order valence-corrected chi connectivity index (χ0v) is 18.6. The van der Waals surface area contributed by atoms with Crippen molar-refractivity contribution in [3.63, 3.8) is 0 Å². The van der Waals surface area contributed by atoms with Gasteiger partial charge >= 0.3 is 0 Å². The Morgan fingerprint density at radius 3 is 2.29 bits per heavy atom. The second-order valence-corrected chi connectivity index (χ2v) is 8.89. The molecule has 0 fully saturated rings. The number of amides is 1. The van der Waals surface area contributed by atoms with Gasteiger partial charge in [0.25, 0.3) is 15.9 Å². The summed E-state index contributed by atoms with van der Waals surface area (Å²) in [5.74, 6) is 0.402. The van der Waals surface area contributed by atoms with Crippen LogP contribution in [-0.2, 0) is 10.0 Å². The highest BCUT2D eigenvalue weighted by Crippen LogP contribution is 2.22. The lowest BCUT2D eigenvalue weighted by molar-refractivity contribution is 0.0935. The van der Waals surface area contributed by atoms with E-state index in [-0.39, 0.29) is 22.4 Å². The summed E-state index contributed by atoms with van der Waals surface area (Å²) in [6.07, 6.45) is 0.686. The molecule has 31 heavy (non-hydrogen) atoms. The third kappa shape index (κ3) is 5.64.